The number of carbonyl (C=O) groups excluding carboxylic acids is 1. The normalized spacial score (nSPS) is 21.0. The quantitative estimate of drug-likeness (QED) is 0.657. The van der Waals surface area contributed by atoms with Crippen LogP contribution in [0.5, 0.6) is 5.75 Å². The summed E-state index contributed by atoms with van der Waals surface area (Å²) in [7, 11) is 0. The van der Waals surface area contributed by atoms with E-state index in [-0.39, 0.29) is 34.9 Å². The van der Waals surface area contributed by atoms with Crippen LogP contribution in [0.2, 0.25) is 5.02 Å². The van der Waals surface area contributed by atoms with E-state index in [1.807, 2.05) is 26.0 Å². The maximum absolute atomic E-state index is 12.9. The summed E-state index contributed by atoms with van der Waals surface area (Å²) in [6.07, 6.45) is 1.44. The maximum atomic E-state index is 12.9. The average Bonchev–Trinajstić information content (AvgIpc) is 2.70. The summed E-state index contributed by atoms with van der Waals surface area (Å²) in [6, 6.07) is 10.9. The number of hydrogen-bond acceptors (Lipinski definition) is 5. The van der Waals surface area contributed by atoms with E-state index >= 15 is 0 Å². The van der Waals surface area contributed by atoms with Gasteiger partial charge in [0.05, 0.1) is 16.1 Å². The molecule has 0 bridgehead atoms. The van der Waals surface area contributed by atoms with E-state index in [2.05, 4.69) is 43.3 Å². The van der Waals surface area contributed by atoms with Gasteiger partial charge in [0.15, 0.2) is 0 Å². The SMILES string of the molecule is CC(C)Nc1ccc(C(=O)N[C@H]2C(C)(C)[C@H](Oc3ccc(C#N)c(Cl)c3)C2(C)C)cn1. The molecule has 1 aliphatic carbocycles. The van der Waals surface area contributed by atoms with Gasteiger partial charge in [-0.15, -0.1) is 0 Å². The summed E-state index contributed by atoms with van der Waals surface area (Å²) in [6.45, 7) is 12.4. The molecule has 3 rings (SSSR count). The first-order chi connectivity index (χ1) is 14.5. The van der Waals surface area contributed by atoms with Gasteiger partial charge in [0.1, 0.15) is 23.7 Å². The number of nitrogens with one attached hydrogen (secondary N) is 2. The first-order valence-corrected chi connectivity index (χ1v) is 10.7. The number of anilines is 1. The highest BCUT2D eigenvalue weighted by Crippen LogP contribution is 2.55. The van der Waals surface area contributed by atoms with Crippen molar-refractivity contribution in [3.05, 3.63) is 52.7 Å². The van der Waals surface area contributed by atoms with Crippen LogP contribution in [0.4, 0.5) is 5.82 Å². The lowest BCUT2D eigenvalue weighted by molar-refractivity contribution is -0.164. The second kappa shape index (κ2) is 8.39. The summed E-state index contributed by atoms with van der Waals surface area (Å²) in [5.74, 6) is 1.19. The highest BCUT2D eigenvalue weighted by atomic mass is 35.5. The van der Waals surface area contributed by atoms with Gasteiger partial charge >= 0.3 is 0 Å². The van der Waals surface area contributed by atoms with Gasteiger partial charge in [-0.1, -0.05) is 39.3 Å². The number of aromatic nitrogens is 1. The van der Waals surface area contributed by atoms with E-state index in [0.29, 0.717) is 21.9 Å². The Hall–Kier alpha value is -2.78. The van der Waals surface area contributed by atoms with Crippen LogP contribution in [0.1, 0.15) is 57.5 Å². The van der Waals surface area contributed by atoms with Gasteiger partial charge in [-0.25, -0.2) is 4.98 Å². The zero-order chi connectivity index (χ0) is 23.0. The lowest BCUT2D eigenvalue weighted by Crippen LogP contribution is -2.74. The first-order valence-electron chi connectivity index (χ1n) is 10.4. The Kier molecular flexibility index (Phi) is 6.20. The molecule has 2 aromatic rings. The lowest BCUT2D eigenvalue weighted by atomic mass is 9.49. The Morgan fingerprint density at radius 1 is 1.19 bits per heavy atom. The molecule has 1 heterocycles. The Morgan fingerprint density at radius 3 is 2.39 bits per heavy atom. The van der Waals surface area contributed by atoms with Crippen molar-refractivity contribution < 1.29 is 9.53 Å². The predicted octanol–water partition coefficient (Wildman–Crippen LogP) is 5.04. The van der Waals surface area contributed by atoms with Crippen LogP contribution >= 0.6 is 11.6 Å². The third-order valence-corrected chi connectivity index (χ3v) is 6.20. The number of hydrogen-bond donors (Lipinski definition) is 2. The zero-order valence-electron chi connectivity index (χ0n) is 18.8. The number of rotatable bonds is 6. The van der Waals surface area contributed by atoms with Gasteiger partial charge in [0.2, 0.25) is 0 Å². The molecule has 31 heavy (non-hydrogen) atoms. The number of amides is 1. The third-order valence-electron chi connectivity index (χ3n) is 5.89. The fourth-order valence-electron chi connectivity index (χ4n) is 4.72. The van der Waals surface area contributed by atoms with Crippen molar-refractivity contribution in [3.8, 4) is 11.8 Å². The molecule has 0 unspecified atom stereocenters. The number of halogens is 1. The molecule has 0 saturated heterocycles. The van der Waals surface area contributed by atoms with E-state index in [4.69, 9.17) is 21.6 Å². The second-order valence-corrected chi connectivity index (χ2v) is 9.94. The van der Waals surface area contributed by atoms with Crippen LogP contribution < -0.4 is 15.4 Å². The molecule has 1 aromatic heterocycles. The maximum Gasteiger partial charge on any atom is 0.253 e. The molecular weight excluding hydrogens is 412 g/mol. The van der Waals surface area contributed by atoms with Gasteiger partial charge in [-0.2, -0.15) is 5.26 Å². The summed E-state index contributed by atoms with van der Waals surface area (Å²) in [5, 5.41) is 15.8. The minimum Gasteiger partial charge on any atom is -0.489 e. The van der Waals surface area contributed by atoms with Crippen molar-refractivity contribution in [2.24, 2.45) is 10.8 Å². The second-order valence-electron chi connectivity index (χ2n) is 9.53. The average molecular weight is 441 g/mol. The molecule has 0 atom stereocenters. The number of nitriles is 1. The largest absolute Gasteiger partial charge is 0.489 e. The first kappa shape index (κ1) is 22.9. The number of benzene rings is 1. The number of ether oxygens (including phenoxy) is 1. The third kappa shape index (κ3) is 4.47. The molecule has 0 spiro atoms. The van der Waals surface area contributed by atoms with Crippen LogP contribution in [-0.2, 0) is 0 Å². The van der Waals surface area contributed by atoms with Crippen LogP contribution in [0.25, 0.3) is 0 Å². The van der Waals surface area contributed by atoms with E-state index in [9.17, 15) is 4.79 Å². The minimum atomic E-state index is -0.313. The minimum absolute atomic E-state index is 0.0974. The summed E-state index contributed by atoms with van der Waals surface area (Å²) in [5.41, 5.74) is 0.303. The fraction of sp³-hybridized carbons (Fsp3) is 0.458. The van der Waals surface area contributed by atoms with E-state index in [1.54, 1.807) is 30.5 Å². The standard InChI is InChI=1S/C24H29ClN4O2/c1-14(2)28-19-10-8-16(13-27-19)20(30)29-21-23(3,4)22(24(21,5)6)31-17-9-7-15(12-26)18(25)11-17/h7-11,13-14,21-22H,1-6H3,(H,27,28)(H,29,30)/t21-,22-. The molecule has 1 saturated carbocycles. The molecule has 1 amide bonds. The molecule has 6 nitrogen and oxygen atoms in total. The monoisotopic (exact) mass is 440 g/mol. The van der Waals surface area contributed by atoms with E-state index in [0.717, 1.165) is 5.82 Å². The highest BCUT2D eigenvalue weighted by molar-refractivity contribution is 6.31. The molecule has 1 aromatic carbocycles. The van der Waals surface area contributed by atoms with Gasteiger partial charge in [-0.05, 0) is 38.1 Å². The van der Waals surface area contributed by atoms with E-state index < -0.39 is 0 Å². The molecule has 0 aliphatic heterocycles. The number of pyridine rings is 1. The van der Waals surface area contributed by atoms with Crippen LogP contribution in [0.3, 0.4) is 0 Å². The van der Waals surface area contributed by atoms with Gasteiger partial charge < -0.3 is 15.4 Å². The Morgan fingerprint density at radius 2 is 1.87 bits per heavy atom. The van der Waals surface area contributed by atoms with Gasteiger partial charge in [0.25, 0.3) is 5.91 Å². The van der Waals surface area contributed by atoms with Crippen LogP contribution in [0, 0.1) is 22.2 Å². The molecule has 2 N–H and O–H groups in total. The Labute approximate surface area is 189 Å². The molecule has 0 radical (unpaired) electrons. The Balaban J connectivity index is 1.71. The zero-order valence-corrected chi connectivity index (χ0v) is 19.5. The molecule has 1 aliphatic rings. The van der Waals surface area contributed by atoms with Crippen LogP contribution in [-0.4, -0.2) is 29.1 Å². The van der Waals surface area contributed by atoms with Crippen molar-refractivity contribution in [2.75, 3.05) is 5.32 Å². The Bertz CT molecular complexity index is 993. The van der Waals surface area contributed by atoms with Gasteiger partial charge in [-0.3, -0.25) is 4.79 Å². The predicted molar refractivity (Wildman–Crippen MR) is 122 cm³/mol. The summed E-state index contributed by atoms with van der Waals surface area (Å²) in [4.78, 5) is 17.2. The molecule has 164 valence electrons. The smallest absolute Gasteiger partial charge is 0.253 e. The number of carbonyl (C=O) groups is 1. The van der Waals surface area contributed by atoms with Crippen molar-refractivity contribution >= 4 is 23.3 Å². The van der Waals surface area contributed by atoms with Crippen molar-refractivity contribution in [3.63, 3.8) is 0 Å². The summed E-state index contributed by atoms with van der Waals surface area (Å²) < 4.78 is 6.27. The molecular formula is C24H29ClN4O2. The topological polar surface area (TPSA) is 87.0 Å². The lowest BCUT2D eigenvalue weighted by Gasteiger charge is -2.63. The fourth-order valence-corrected chi connectivity index (χ4v) is 4.93. The van der Waals surface area contributed by atoms with Crippen LogP contribution in [0.15, 0.2) is 36.5 Å². The van der Waals surface area contributed by atoms with Crippen molar-refractivity contribution in [1.29, 1.82) is 5.26 Å². The van der Waals surface area contributed by atoms with Crippen molar-refractivity contribution in [1.82, 2.24) is 10.3 Å². The number of nitrogens with zero attached hydrogens (tertiary/aromatic N) is 2. The van der Waals surface area contributed by atoms with E-state index in [1.165, 1.54) is 0 Å². The molecule has 1 fully saturated rings. The summed E-state index contributed by atoms with van der Waals surface area (Å²) >= 11 is 6.15. The highest BCUT2D eigenvalue weighted by Gasteiger charge is 2.64. The van der Waals surface area contributed by atoms with Gasteiger partial charge in [0, 0.05) is 35.2 Å². The molecule has 7 heteroatoms. The van der Waals surface area contributed by atoms with Crippen molar-refractivity contribution in [2.45, 2.75) is 59.7 Å².